The van der Waals surface area contributed by atoms with Crippen molar-refractivity contribution in [2.45, 2.75) is 58.0 Å². The second-order valence-electron chi connectivity index (χ2n) is 8.60. The predicted molar refractivity (Wildman–Crippen MR) is 116 cm³/mol. The first-order chi connectivity index (χ1) is 14.5. The predicted octanol–water partition coefficient (Wildman–Crippen LogP) is 2.98. The Labute approximate surface area is 181 Å². The summed E-state index contributed by atoms with van der Waals surface area (Å²) >= 11 is 0. The van der Waals surface area contributed by atoms with Crippen LogP contribution in [0.5, 0.6) is 0 Å². The van der Waals surface area contributed by atoms with Crippen LogP contribution in [0, 0.1) is 5.82 Å². The van der Waals surface area contributed by atoms with E-state index < -0.39 is 35.7 Å². The molecule has 0 aromatic heterocycles. The third-order valence-corrected chi connectivity index (χ3v) is 4.95. The molecule has 0 aliphatic rings. The van der Waals surface area contributed by atoms with Gasteiger partial charge in [0.1, 0.15) is 17.9 Å². The van der Waals surface area contributed by atoms with Gasteiger partial charge in [-0.3, -0.25) is 9.59 Å². The van der Waals surface area contributed by atoms with Crippen LogP contribution in [0.1, 0.15) is 44.4 Å². The normalized spacial score (nSPS) is 13.2. The van der Waals surface area contributed by atoms with Crippen LogP contribution in [0.2, 0.25) is 0 Å². The molecular weight excluding hydrogens is 399 g/mol. The van der Waals surface area contributed by atoms with Gasteiger partial charge in [0.05, 0.1) is 0 Å². The molecule has 0 radical (unpaired) electrons. The van der Waals surface area contributed by atoms with E-state index in [1.54, 1.807) is 6.07 Å². The summed E-state index contributed by atoms with van der Waals surface area (Å²) in [6.07, 6.45) is -0.0112. The summed E-state index contributed by atoms with van der Waals surface area (Å²) in [6, 6.07) is 11.2. The molecule has 0 bridgehead atoms. The van der Waals surface area contributed by atoms with Crippen LogP contribution in [0.25, 0.3) is 0 Å². The maximum atomic E-state index is 14.0. The zero-order chi connectivity index (χ0) is 23.2. The number of carboxylic acids is 1. The Morgan fingerprint density at radius 1 is 0.935 bits per heavy atom. The quantitative estimate of drug-likeness (QED) is 0.602. The molecule has 0 spiro atoms. The Kier molecular flexibility index (Phi) is 7.91. The van der Waals surface area contributed by atoms with E-state index in [1.165, 1.54) is 25.1 Å². The van der Waals surface area contributed by atoms with Crippen molar-refractivity contribution >= 4 is 17.8 Å². The van der Waals surface area contributed by atoms with E-state index >= 15 is 0 Å². The number of benzene rings is 2. The molecule has 2 atom stereocenters. The molecule has 0 aliphatic carbocycles. The fourth-order valence-electron chi connectivity index (χ4n) is 3.19. The molecule has 0 unspecified atom stereocenters. The third kappa shape index (κ3) is 7.20. The van der Waals surface area contributed by atoms with Crippen LogP contribution in [0.3, 0.4) is 0 Å². The Balaban J connectivity index is 2.15. The summed E-state index contributed by atoms with van der Waals surface area (Å²) in [5, 5.41) is 14.6. The van der Waals surface area contributed by atoms with Gasteiger partial charge in [-0.25, -0.2) is 9.18 Å². The van der Waals surface area contributed by atoms with Gasteiger partial charge in [0, 0.05) is 19.8 Å². The summed E-state index contributed by atoms with van der Waals surface area (Å²) in [6.45, 7) is 7.49. The van der Waals surface area contributed by atoms with Crippen LogP contribution in [0.15, 0.2) is 48.5 Å². The SMILES string of the molecule is CC(=O)N[C@@H](Cc1ccccc1F)C(=O)N[C@@H](Cc1ccc(C(C)(C)C)cc1)C(=O)O. The van der Waals surface area contributed by atoms with Gasteiger partial charge in [0.2, 0.25) is 11.8 Å². The monoisotopic (exact) mass is 428 g/mol. The van der Waals surface area contributed by atoms with E-state index in [-0.39, 0.29) is 23.8 Å². The van der Waals surface area contributed by atoms with Crippen LogP contribution in [0.4, 0.5) is 4.39 Å². The number of carbonyl (C=O) groups is 3. The molecule has 2 amide bonds. The summed E-state index contributed by atoms with van der Waals surface area (Å²) in [5.41, 5.74) is 2.09. The van der Waals surface area contributed by atoms with Crippen molar-refractivity contribution in [2.24, 2.45) is 0 Å². The highest BCUT2D eigenvalue weighted by Crippen LogP contribution is 2.22. The van der Waals surface area contributed by atoms with Gasteiger partial charge in [-0.05, 0) is 28.2 Å². The molecule has 0 saturated heterocycles. The van der Waals surface area contributed by atoms with Crippen molar-refractivity contribution in [1.29, 1.82) is 0 Å². The topological polar surface area (TPSA) is 95.5 Å². The molecule has 0 aliphatic heterocycles. The lowest BCUT2D eigenvalue weighted by Crippen LogP contribution is -2.52. The maximum absolute atomic E-state index is 14.0. The summed E-state index contributed by atoms with van der Waals surface area (Å²) in [4.78, 5) is 36.1. The smallest absolute Gasteiger partial charge is 0.326 e. The minimum absolute atomic E-state index is 0.0305. The second-order valence-corrected chi connectivity index (χ2v) is 8.60. The number of carboxylic acid groups (broad SMARTS) is 1. The third-order valence-electron chi connectivity index (χ3n) is 4.95. The largest absolute Gasteiger partial charge is 0.480 e. The highest BCUT2D eigenvalue weighted by molar-refractivity contribution is 5.90. The first-order valence-corrected chi connectivity index (χ1v) is 10.1. The van der Waals surface area contributed by atoms with E-state index in [2.05, 4.69) is 31.4 Å². The van der Waals surface area contributed by atoms with Gasteiger partial charge < -0.3 is 15.7 Å². The van der Waals surface area contributed by atoms with Crippen molar-refractivity contribution in [3.8, 4) is 0 Å². The highest BCUT2D eigenvalue weighted by atomic mass is 19.1. The molecule has 0 heterocycles. The number of halogens is 1. The minimum Gasteiger partial charge on any atom is -0.480 e. The Hall–Kier alpha value is -3.22. The molecule has 31 heavy (non-hydrogen) atoms. The van der Waals surface area contributed by atoms with E-state index in [9.17, 15) is 23.9 Å². The molecule has 2 aromatic carbocycles. The molecule has 3 N–H and O–H groups in total. The molecule has 7 heteroatoms. The summed E-state index contributed by atoms with van der Waals surface area (Å²) < 4.78 is 14.0. The first kappa shape index (κ1) is 24.1. The van der Waals surface area contributed by atoms with Crippen molar-refractivity contribution in [3.05, 3.63) is 71.0 Å². The minimum atomic E-state index is -1.19. The van der Waals surface area contributed by atoms with Crippen LogP contribution in [-0.4, -0.2) is 35.0 Å². The van der Waals surface area contributed by atoms with Gasteiger partial charge in [-0.1, -0.05) is 63.2 Å². The van der Waals surface area contributed by atoms with Gasteiger partial charge in [-0.2, -0.15) is 0 Å². The Morgan fingerprint density at radius 2 is 1.55 bits per heavy atom. The molecule has 6 nitrogen and oxygen atoms in total. The number of rotatable bonds is 8. The standard InChI is InChI=1S/C24H29FN2O4/c1-15(28)26-20(14-17-7-5-6-8-19(17)25)22(29)27-21(23(30)31)13-16-9-11-18(12-10-16)24(2,3)4/h5-12,20-21H,13-14H2,1-4H3,(H,26,28)(H,27,29)(H,30,31)/t20-,21-/m0/s1. The average Bonchev–Trinajstić information content (AvgIpc) is 2.67. The summed E-state index contributed by atoms with van der Waals surface area (Å²) in [5.74, 6) is -2.85. The summed E-state index contributed by atoms with van der Waals surface area (Å²) in [7, 11) is 0. The fraction of sp³-hybridized carbons (Fsp3) is 0.375. The fourth-order valence-corrected chi connectivity index (χ4v) is 3.19. The number of amides is 2. The van der Waals surface area contributed by atoms with Crippen LogP contribution < -0.4 is 10.6 Å². The maximum Gasteiger partial charge on any atom is 0.326 e. The number of hydrogen-bond donors (Lipinski definition) is 3. The lowest BCUT2D eigenvalue weighted by Gasteiger charge is -2.22. The van der Waals surface area contributed by atoms with E-state index in [4.69, 9.17) is 0 Å². The Morgan fingerprint density at radius 3 is 2.06 bits per heavy atom. The van der Waals surface area contributed by atoms with Gasteiger partial charge >= 0.3 is 5.97 Å². The van der Waals surface area contributed by atoms with Crippen molar-refractivity contribution < 1.29 is 23.9 Å². The van der Waals surface area contributed by atoms with E-state index in [0.717, 1.165) is 11.1 Å². The number of carbonyl (C=O) groups excluding carboxylic acids is 2. The highest BCUT2D eigenvalue weighted by Gasteiger charge is 2.27. The first-order valence-electron chi connectivity index (χ1n) is 10.1. The Bertz CT molecular complexity index is 935. The molecular formula is C24H29FN2O4. The van der Waals surface area contributed by atoms with Crippen LogP contribution in [-0.2, 0) is 32.6 Å². The average molecular weight is 429 g/mol. The molecule has 2 rings (SSSR count). The number of nitrogens with one attached hydrogen (secondary N) is 2. The van der Waals surface area contributed by atoms with Crippen molar-refractivity contribution in [3.63, 3.8) is 0 Å². The van der Waals surface area contributed by atoms with Gasteiger partial charge in [0.25, 0.3) is 0 Å². The number of aliphatic carboxylic acids is 1. The molecule has 0 fully saturated rings. The zero-order valence-corrected chi connectivity index (χ0v) is 18.2. The van der Waals surface area contributed by atoms with Crippen molar-refractivity contribution in [1.82, 2.24) is 10.6 Å². The second kappa shape index (κ2) is 10.2. The zero-order valence-electron chi connectivity index (χ0n) is 18.2. The number of hydrogen-bond acceptors (Lipinski definition) is 3. The van der Waals surface area contributed by atoms with Gasteiger partial charge in [0.15, 0.2) is 0 Å². The molecule has 2 aromatic rings. The lowest BCUT2D eigenvalue weighted by atomic mass is 9.86. The van der Waals surface area contributed by atoms with E-state index in [0.29, 0.717) is 0 Å². The molecule has 0 saturated carbocycles. The van der Waals surface area contributed by atoms with Gasteiger partial charge in [-0.15, -0.1) is 0 Å². The lowest BCUT2D eigenvalue weighted by molar-refractivity contribution is -0.142. The molecule has 166 valence electrons. The van der Waals surface area contributed by atoms with Crippen molar-refractivity contribution in [2.75, 3.05) is 0 Å². The van der Waals surface area contributed by atoms with E-state index in [1.807, 2.05) is 24.3 Å². The van der Waals surface area contributed by atoms with Crippen LogP contribution >= 0.6 is 0 Å².